The second-order valence-corrected chi connectivity index (χ2v) is 5.34. The van der Waals surface area contributed by atoms with Crippen molar-refractivity contribution in [2.45, 2.75) is 27.3 Å². The molecule has 0 atom stereocenters. The Hall–Kier alpha value is -1.33. The largest absolute Gasteiger partial charge is 0.383 e. The molecular formula is C14H21N3OS. The number of aromatic nitrogens is 2. The smallest absolute Gasteiger partial charge is 0.183 e. The van der Waals surface area contributed by atoms with Crippen LogP contribution in [0.25, 0.3) is 11.3 Å². The van der Waals surface area contributed by atoms with E-state index in [0.29, 0.717) is 6.61 Å². The fourth-order valence-electron chi connectivity index (χ4n) is 2.29. The zero-order valence-corrected chi connectivity index (χ0v) is 12.8. The van der Waals surface area contributed by atoms with Gasteiger partial charge in [0.15, 0.2) is 5.13 Å². The number of nitrogens with one attached hydrogen (secondary N) is 1. The van der Waals surface area contributed by atoms with Crippen molar-refractivity contribution in [3.05, 3.63) is 22.8 Å². The van der Waals surface area contributed by atoms with Crippen LogP contribution in [0.5, 0.6) is 0 Å². The van der Waals surface area contributed by atoms with Crippen LogP contribution in [-0.4, -0.2) is 29.8 Å². The molecule has 2 aromatic heterocycles. The van der Waals surface area contributed by atoms with Crippen LogP contribution in [0.3, 0.4) is 0 Å². The highest BCUT2D eigenvalue weighted by Crippen LogP contribution is 2.29. The zero-order chi connectivity index (χ0) is 13.8. The van der Waals surface area contributed by atoms with E-state index < -0.39 is 0 Å². The van der Waals surface area contributed by atoms with Gasteiger partial charge in [-0.15, -0.1) is 11.3 Å². The van der Waals surface area contributed by atoms with Gasteiger partial charge in [0, 0.05) is 42.5 Å². The summed E-state index contributed by atoms with van der Waals surface area (Å²) in [6, 6.07) is 2.22. The molecule has 0 fully saturated rings. The Morgan fingerprint density at radius 2 is 2.21 bits per heavy atom. The van der Waals surface area contributed by atoms with Crippen LogP contribution in [-0.2, 0) is 11.3 Å². The van der Waals surface area contributed by atoms with Gasteiger partial charge in [0.25, 0.3) is 0 Å². The summed E-state index contributed by atoms with van der Waals surface area (Å²) in [5.74, 6) is 0. The first-order valence-electron chi connectivity index (χ1n) is 6.52. The van der Waals surface area contributed by atoms with Crippen molar-refractivity contribution >= 4 is 16.5 Å². The van der Waals surface area contributed by atoms with Crippen LogP contribution >= 0.6 is 11.3 Å². The third kappa shape index (κ3) is 2.98. The summed E-state index contributed by atoms with van der Waals surface area (Å²) in [6.07, 6.45) is 0. The lowest BCUT2D eigenvalue weighted by atomic mass is 10.2. The first-order valence-corrected chi connectivity index (χ1v) is 7.40. The standard InChI is InChI=1S/C14H21N3OS/c1-5-17-10(2)8-12(11(17)3)13-9-19-14(16-13)15-6-7-18-4/h8-9H,5-7H2,1-4H3,(H,15,16). The molecule has 2 rings (SSSR count). The Morgan fingerprint density at radius 1 is 1.42 bits per heavy atom. The van der Waals surface area contributed by atoms with Gasteiger partial charge in [-0.05, 0) is 26.8 Å². The van der Waals surface area contributed by atoms with Gasteiger partial charge in [-0.2, -0.15) is 0 Å². The summed E-state index contributed by atoms with van der Waals surface area (Å²) in [5.41, 5.74) is 4.86. The van der Waals surface area contributed by atoms with Gasteiger partial charge in [0.2, 0.25) is 0 Å². The topological polar surface area (TPSA) is 39.1 Å². The molecule has 0 bridgehead atoms. The van der Waals surface area contributed by atoms with Crippen LogP contribution in [0.15, 0.2) is 11.4 Å². The van der Waals surface area contributed by atoms with Crippen molar-refractivity contribution < 1.29 is 4.74 Å². The molecule has 5 heteroatoms. The summed E-state index contributed by atoms with van der Waals surface area (Å²) >= 11 is 1.64. The number of nitrogens with zero attached hydrogens (tertiary/aromatic N) is 2. The first kappa shape index (κ1) is 14.1. The molecule has 0 aliphatic rings. The third-order valence-corrected chi connectivity index (χ3v) is 4.05. The van der Waals surface area contributed by atoms with E-state index in [1.807, 2.05) is 0 Å². The van der Waals surface area contributed by atoms with Gasteiger partial charge >= 0.3 is 0 Å². The Morgan fingerprint density at radius 3 is 2.84 bits per heavy atom. The van der Waals surface area contributed by atoms with Crippen molar-refractivity contribution in [2.24, 2.45) is 0 Å². The SMILES string of the molecule is CCn1c(C)cc(-c2csc(NCCOC)n2)c1C. The molecule has 0 saturated heterocycles. The molecule has 0 saturated carbocycles. The predicted molar refractivity (Wildman–Crippen MR) is 81.1 cm³/mol. The molecule has 0 amide bonds. The molecule has 0 aromatic carbocycles. The molecule has 0 aliphatic heterocycles. The summed E-state index contributed by atoms with van der Waals surface area (Å²) in [4.78, 5) is 4.64. The van der Waals surface area contributed by atoms with Gasteiger partial charge in [-0.1, -0.05) is 0 Å². The molecule has 19 heavy (non-hydrogen) atoms. The van der Waals surface area contributed by atoms with Crippen molar-refractivity contribution in [1.82, 2.24) is 9.55 Å². The van der Waals surface area contributed by atoms with E-state index in [-0.39, 0.29) is 0 Å². The second kappa shape index (κ2) is 6.21. The maximum absolute atomic E-state index is 5.02. The normalized spacial score (nSPS) is 10.9. The molecular weight excluding hydrogens is 258 g/mol. The first-order chi connectivity index (χ1) is 9.17. The zero-order valence-electron chi connectivity index (χ0n) is 12.0. The quantitative estimate of drug-likeness (QED) is 0.825. The Kier molecular flexibility index (Phi) is 4.61. The van der Waals surface area contributed by atoms with E-state index in [9.17, 15) is 0 Å². The number of hydrogen-bond acceptors (Lipinski definition) is 4. The van der Waals surface area contributed by atoms with Crippen molar-refractivity contribution in [2.75, 3.05) is 25.6 Å². The lowest BCUT2D eigenvalue weighted by molar-refractivity contribution is 0.211. The molecule has 104 valence electrons. The van der Waals surface area contributed by atoms with E-state index in [1.54, 1.807) is 18.4 Å². The van der Waals surface area contributed by atoms with Gasteiger partial charge in [-0.25, -0.2) is 4.98 Å². The van der Waals surface area contributed by atoms with E-state index in [1.165, 1.54) is 17.0 Å². The molecule has 1 N–H and O–H groups in total. The van der Waals surface area contributed by atoms with Gasteiger partial charge in [0.1, 0.15) is 0 Å². The molecule has 0 unspecified atom stereocenters. The van der Waals surface area contributed by atoms with E-state index >= 15 is 0 Å². The fourth-order valence-corrected chi connectivity index (χ4v) is 3.03. The number of rotatable bonds is 6. The van der Waals surface area contributed by atoms with Crippen LogP contribution in [0.2, 0.25) is 0 Å². The molecule has 2 heterocycles. The number of ether oxygens (including phenoxy) is 1. The number of methoxy groups -OCH3 is 1. The monoisotopic (exact) mass is 279 g/mol. The minimum Gasteiger partial charge on any atom is -0.383 e. The van der Waals surface area contributed by atoms with Crippen molar-refractivity contribution in [1.29, 1.82) is 0 Å². The van der Waals surface area contributed by atoms with E-state index in [2.05, 4.69) is 47.1 Å². The molecule has 2 aromatic rings. The molecule has 0 radical (unpaired) electrons. The summed E-state index contributed by atoms with van der Waals surface area (Å²) in [6.45, 7) is 8.95. The summed E-state index contributed by atoms with van der Waals surface area (Å²) in [7, 11) is 1.70. The Labute approximate surface area is 118 Å². The lowest BCUT2D eigenvalue weighted by Gasteiger charge is -2.04. The molecule has 0 aliphatic carbocycles. The highest BCUT2D eigenvalue weighted by Gasteiger charge is 2.12. The number of aryl methyl sites for hydroxylation is 1. The van der Waals surface area contributed by atoms with Gasteiger partial charge in [-0.3, -0.25) is 0 Å². The van der Waals surface area contributed by atoms with Crippen molar-refractivity contribution in [3.8, 4) is 11.3 Å². The van der Waals surface area contributed by atoms with Crippen LogP contribution in [0, 0.1) is 13.8 Å². The third-order valence-electron chi connectivity index (χ3n) is 3.25. The fraction of sp³-hybridized carbons (Fsp3) is 0.500. The molecule has 4 nitrogen and oxygen atoms in total. The van der Waals surface area contributed by atoms with Gasteiger partial charge in [0.05, 0.1) is 12.3 Å². The summed E-state index contributed by atoms with van der Waals surface area (Å²) in [5, 5.41) is 6.33. The summed E-state index contributed by atoms with van der Waals surface area (Å²) < 4.78 is 7.33. The second-order valence-electron chi connectivity index (χ2n) is 4.49. The van der Waals surface area contributed by atoms with Crippen LogP contribution in [0.4, 0.5) is 5.13 Å². The highest BCUT2D eigenvalue weighted by atomic mass is 32.1. The average Bonchev–Trinajstić information content (AvgIpc) is 2.95. The minimum atomic E-state index is 0.694. The van der Waals surface area contributed by atoms with Gasteiger partial charge < -0.3 is 14.6 Å². The minimum absolute atomic E-state index is 0.694. The van der Waals surface area contributed by atoms with E-state index in [4.69, 9.17) is 4.74 Å². The maximum Gasteiger partial charge on any atom is 0.183 e. The number of hydrogen-bond donors (Lipinski definition) is 1. The van der Waals surface area contributed by atoms with Crippen molar-refractivity contribution in [3.63, 3.8) is 0 Å². The van der Waals surface area contributed by atoms with Crippen LogP contribution < -0.4 is 5.32 Å². The average molecular weight is 279 g/mol. The number of thiazole rings is 1. The maximum atomic E-state index is 5.02. The molecule has 0 spiro atoms. The highest BCUT2D eigenvalue weighted by molar-refractivity contribution is 7.14. The van der Waals surface area contributed by atoms with Crippen LogP contribution in [0.1, 0.15) is 18.3 Å². The lowest BCUT2D eigenvalue weighted by Crippen LogP contribution is -2.07. The Balaban J connectivity index is 2.18. The Bertz CT molecular complexity index is 545. The predicted octanol–water partition coefficient (Wildman–Crippen LogP) is 3.31. The van der Waals surface area contributed by atoms with E-state index in [0.717, 1.165) is 23.9 Å². The number of anilines is 1.